The fourth-order valence-electron chi connectivity index (χ4n) is 3.24. The normalized spacial score (nSPS) is 42.2. The Morgan fingerprint density at radius 3 is 2.47 bits per heavy atom. The molecule has 0 aromatic rings. The van der Waals surface area contributed by atoms with Gasteiger partial charge in [-0.15, -0.1) is 0 Å². The number of rotatable bonds is 3. The summed E-state index contributed by atoms with van der Waals surface area (Å²) in [5, 5.41) is 9.43. The Hall–Kier alpha value is -0.120. The minimum Gasteiger partial charge on any atom is -0.396 e. The van der Waals surface area contributed by atoms with Crippen LogP contribution in [0.5, 0.6) is 0 Å². The lowest BCUT2D eigenvalue weighted by Crippen LogP contribution is -2.53. The van der Waals surface area contributed by atoms with Crippen molar-refractivity contribution < 1.29 is 9.84 Å². The van der Waals surface area contributed by atoms with Crippen LogP contribution in [0.1, 0.15) is 27.2 Å². The van der Waals surface area contributed by atoms with Crippen LogP contribution in [0.3, 0.4) is 0 Å². The van der Waals surface area contributed by atoms with Crippen molar-refractivity contribution in [1.82, 2.24) is 0 Å². The molecule has 0 radical (unpaired) electrons. The summed E-state index contributed by atoms with van der Waals surface area (Å²) >= 11 is 0. The van der Waals surface area contributed by atoms with Gasteiger partial charge in [-0.2, -0.15) is 0 Å². The standard InChI is InChI=1S/C12H25NO2/c1-7(2)11-8(3)12(13)10(15-4)5-9(11)6-14/h7-12,14H,5-6,13H2,1-4H3. The van der Waals surface area contributed by atoms with Crippen molar-refractivity contribution in [1.29, 1.82) is 0 Å². The van der Waals surface area contributed by atoms with Crippen molar-refractivity contribution in [3.63, 3.8) is 0 Å². The minimum absolute atomic E-state index is 0.102. The zero-order valence-corrected chi connectivity index (χ0v) is 10.3. The van der Waals surface area contributed by atoms with Gasteiger partial charge in [-0.25, -0.2) is 0 Å². The number of aliphatic hydroxyl groups excluding tert-OH is 1. The second kappa shape index (κ2) is 5.28. The molecule has 0 saturated heterocycles. The molecule has 3 heteroatoms. The SMILES string of the molecule is COC1CC(CO)C(C(C)C)C(C)C1N. The van der Waals surface area contributed by atoms with E-state index in [1.165, 1.54) is 0 Å². The molecule has 5 unspecified atom stereocenters. The molecule has 90 valence electrons. The van der Waals surface area contributed by atoms with Crippen LogP contribution >= 0.6 is 0 Å². The van der Waals surface area contributed by atoms with E-state index in [0.29, 0.717) is 23.7 Å². The third-order valence-corrected chi connectivity index (χ3v) is 4.03. The van der Waals surface area contributed by atoms with Crippen LogP contribution in [0, 0.1) is 23.7 Å². The lowest BCUT2D eigenvalue weighted by atomic mass is 9.65. The monoisotopic (exact) mass is 215 g/mol. The van der Waals surface area contributed by atoms with Crippen LogP contribution in [-0.2, 0) is 4.74 Å². The van der Waals surface area contributed by atoms with E-state index < -0.39 is 0 Å². The largest absolute Gasteiger partial charge is 0.396 e. The first-order chi connectivity index (χ1) is 7.02. The second-order valence-electron chi connectivity index (χ2n) is 5.21. The second-order valence-corrected chi connectivity index (χ2v) is 5.21. The van der Waals surface area contributed by atoms with Crippen molar-refractivity contribution in [3.8, 4) is 0 Å². The summed E-state index contributed by atoms with van der Waals surface area (Å²) in [4.78, 5) is 0. The van der Waals surface area contributed by atoms with E-state index in [4.69, 9.17) is 10.5 Å². The maximum atomic E-state index is 9.43. The maximum absolute atomic E-state index is 9.43. The highest BCUT2D eigenvalue weighted by atomic mass is 16.5. The average Bonchev–Trinajstić information content (AvgIpc) is 2.20. The Morgan fingerprint density at radius 1 is 1.47 bits per heavy atom. The lowest BCUT2D eigenvalue weighted by Gasteiger charge is -2.45. The summed E-state index contributed by atoms with van der Waals surface area (Å²) < 4.78 is 5.40. The van der Waals surface area contributed by atoms with Crippen molar-refractivity contribution in [3.05, 3.63) is 0 Å². The van der Waals surface area contributed by atoms with Gasteiger partial charge in [0.1, 0.15) is 0 Å². The van der Waals surface area contributed by atoms with E-state index in [1.807, 2.05) is 0 Å². The molecule has 0 aliphatic heterocycles. The Morgan fingerprint density at radius 2 is 2.07 bits per heavy atom. The number of hydrogen-bond donors (Lipinski definition) is 2. The van der Waals surface area contributed by atoms with E-state index in [1.54, 1.807) is 7.11 Å². The molecule has 0 amide bonds. The zero-order chi connectivity index (χ0) is 11.6. The van der Waals surface area contributed by atoms with Crippen LogP contribution in [0.4, 0.5) is 0 Å². The Kier molecular flexibility index (Phi) is 4.56. The van der Waals surface area contributed by atoms with Gasteiger partial charge >= 0.3 is 0 Å². The summed E-state index contributed by atoms with van der Waals surface area (Å²) in [5.41, 5.74) is 6.17. The number of ether oxygens (including phenoxy) is 1. The number of methoxy groups -OCH3 is 1. The van der Waals surface area contributed by atoms with E-state index in [2.05, 4.69) is 20.8 Å². The highest BCUT2D eigenvalue weighted by Crippen LogP contribution is 2.39. The van der Waals surface area contributed by atoms with Crippen LogP contribution in [-0.4, -0.2) is 31.0 Å². The molecule has 0 aromatic heterocycles. The van der Waals surface area contributed by atoms with E-state index >= 15 is 0 Å². The molecule has 3 N–H and O–H groups in total. The Balaban J connectivity index is 2.79. The van der Waals surface area contributed by atoms with E-state index in [0.717, 1.165) is 6.42 Å². The molecule has 0 spiro atoms. The van der Waals surface area contributed by atoms with Crippen molar-refractivity contribution in [2.75, 3.05) is 13.7 Å². The van der Waals surface area contributed by atoms with Crippen LogP contribution in [0.25, 0.3) is 0 Å². The molecule has 5 atom stereocenters. The van der Waals surface area contributed by atoms with Crippen molar-refractivity contribution in [2.45, 2.75) is 39.3 Å². The molecule has 1 aliphatic rings. The Bertz CT molecular complexity index is 194. The maximum Gasteiger partial charge on any atom is 0.0728 e. The molecular formula is C12H25NO2. The number of hydrogen-bond acceptors (Lipinski definition) is 3. The smallest absolute Gasteiger partial charge is 0.0728 e. The predicted octanol–water partition coefficient (Wildman–Crippen LogP) is 1.25. The number of nitrogens with two attached hydrogens (primary N) is 1. The summed E-state index contributed by atoms with van der Waals surface area (Å²) in [7, 11) is 1.71. The first kappa shape index (κ1) is 12.9. The van der Waals surface area contributed by atoms with Gasteiger partial charge in [0.25, 0.3) is 0 Å². The van der Waals surface area contributed by atoms with Gasteiger partial charge in [-0.3, -0.25) is 0 Å². The topological polar surface area (TPSA) is 55.5 Å². The molecule has 1 rings (SSSR count). The highest BCUT2D eigenvalue weighted by molar-refractivity contribution is 4.94. The van der Waals surface area contributed by atoms with Crippen molar-refractivity contribution >= 4 is 0 Å². The van der Waals surface area contributed by atoms with Gasteiger partial charge in [0.05, 0.1) is 6.10 Å². The molecule has 0 heterocycles. The minimum atomic E-state index is 0.102. The van der Waals surface area contributed by atoms with Crippen LogP contribution in [0.15, 0.2) is 0 Å². The molecule has 0 aromatic carbocycles. The lowest BCUT2D eigenvalue weighted by molar-refractivity contribution is -0.0440. The quantitative estimate of drug-likeness (QED) is 0.745. The zero-order valence-electron chi connectivity index (χ0n) is 10.3. The van der Waals surface area contributed by atoms with E-state index in [-0.39, 0.29) is 18.8 Å². The molecule has 1 saturated carbocycles. The summed E-state index contributed by atoms with van der Waals surface area (Å²) in [6.45, 7) is 6.86. The van der Waals surface area contributed by atoms with Crippen molar-refractivity contribution in [2.24, 2.45) is 29.4 Å². The fraction of sp³-hybridized carbons (Fsp3) is 1.00. The fourth-order valence-corrected chi connectivity index (χ4v) is 3.24. The van der Waals surface area contributed by atoms with Gasteiger partial charge in [-0.05, 0) is 30.1 Å². The van der Waals surface area contributed by atoms with Gasteiger partial charge in [0, 0.05) is 19.8 Å². The summed E-state index contributed by atoms with van der Waals surface area (Å²) in [6, 6.07) is 0.102. The van der Waals surface area contributed by atoms with Crippen LogP contribution < -0.4 is 5.73 Å². The molecule has 0 bridgehead atoms. The summed E-state index contributed by atoms with van der Waals surface area (Å²) in [5.74, 6) is 1.84. The van der Waals surface area contributed by atoms with Gasteiger partial charge < -0.3 is 15.6 Å². The Labute approximate surface area is 93.0 Å². The molecule has 1 aliphatic carbocycles. The van der Waals surface area contributed by atoms with Gasteiger partial charge in [-0.1, -0.05) is 20.8 Å². The third kappa shape index (κ3) is 2.52. The number of aliphatic hydroxyl groups is 1. The molecule has 3 nitrogen and oxygen atoms in total. The first-order valence-electron chi connectivity index (χ1n) is 5.92. The average molecular weight is 215 g/mol. The first-order valence-corrected chi connectivity index (χ1v) is 5.92. The van der Waals surface area contributed by atoms with Crippen LogP contribution in [0.2, 0.25) is 0 Å². The van der Waals surface area contributed by atoms with Gasteiger partial charge in [0.2, 0.25) is 0 Å². The highest BCUT2D eigenvalue weighted by Gasteiger charge is 2.41. The van der Waals surface area contributed by atoms with E-state index in [9.17, 15) is 5.11 Å². The third-order valence-electron chi connectivity index (χ3n) is 4.03. The van der Waals surface area contributed by atoms with Gasteiger partial charge in [0.15, 0.2) is 0 Å². The molecule has 1 fully saturated rings. The molecule has 15 heavy (non-hydrogen) atoms. The summed E-state index contributed by atoms with van der Waals surface area (Å²) in [6.07, 6.45) is 0.994. The predicted molar refractivity (Wildman–Crippen MR) is 61.5 cm³/mol. The molecular weight excluding hydrogens is 190 g/mol.